The van der Waals surface area contributed by atoms with Crippen LogP contribution in [0.2, 0.25) is 10.0 Å². The standard InChI is InChI=1S/C15H11Cl2N3O2/c16-10-2-4-14(12(17)5-10)22-8-15(21)19-11-3-1-9-7-18-20-13(9)6-11/h1-7H,8H2,(H,18,20)(H,19,21). The van der Waals surface area contributed by atoms with E-state index >= 15 is 0 Å². The number of nitrogens with one attached hydrogen (secondary N) is 2. The van der Waals surface area contributed by atoms with Crippen molar-refractivity contribution in [2.24, 2.45) is 0 Å². The number of aromatic amines is 1. The summed E-state index contributed by atoms with van der Waals surface area (Å²) in [7, 11) is 0. The van der Waals surface area contributed by atoms with Gasteiger partial charge in [0.15, 0.2) is 6.61 Å². The summed E-state index contributed by atoms with van der Waals surface area (Å²) in [4.78, 5) is 11.9. The molecule has 1 heterocycles. The van der Waals surface area contributed by atoms with Gasteiger partial charge in [-0.05, 0) is 36.4 Å². The van der Waals surface area contributed by atoms with Crippen LogP contribution in [0.1, 0.15) is 0 Å². The van der Waals surface area contributed by atoms with Crippen molar-refractivity contribution in [2.75, 3.05) is 11.9 Å². The van der Waals surface area contributed by atoms with Crippen LogP contribution in [0, 0.1) is 0 Å². The fourth-order valence-corrected chi connectivity index (χ4v) is 2.41. The maximum absolute atomic E-state index is 11.9. The first-order valence-corrected chi connectivity index (χ1v) is 7.18. The van der Waals surface area contributed by atoms with Crippen molar-refractivity contribution in [3.63, 3.8) is 0 Å². The molecular weight excluding hydrogens is 325 g/mol. The number of H-pyrrole nitrogens is 1. The number of ether oxygens (including phenoxy) is 1. The molecule has 1 amide bonds. The molecule has 2 N–H and O–H groups in total. The molecule has 7 heteroatoms. The third-order valence-corrected chi connectivity index (χ3v) is 3.51. The lowest BCUT2D eigenvalue weighted by Crippen LogP contribution is -2.20. The number of fused-ring (bicyclic) bond motifs is 1. The largest absolute Gasteiger partial charge is 0.482 e. The van der Waals surface area contributed by atoms with Crippen molar-refractivity contribution in [2.45, 2.75) is 0 Å². The number of benzene rings is 2. The quantitative estimate of drug-likeness (QED) is 0.760. The minimum atomic E-state index is -0.287. The number of anilines is 1. The third-order valence-electron chi connectivity index (χ3n) is 2.98. The van der Waals surface area contributed by atoms with Crippen molar-refractivity contribution in [3.8, 4) is 5.75 Å². The maximum atomic E-state index is 11.9. The Labute approximate surface area is 136 Å². The van der Waals surface area contributed by atoms with E-state index in [2.05, 4.69) is 15.5 Å². The molecular formula is C15H11Cl2N3O2. The zero-order valence-corrected chi connectivity index (χ0v) is 12.8. The Hall–Kier alpha value is -2.24. The lowest BCUT2D eigenvalue weighted by molar-refractivity contribution is -0.118. The van der Waals surface area contributed by atoms with Crippen molar-refractivity contribution in [1.82, 2.24) is 10.2 Å². The molecule has 0 aliphatic heterocycles. The van der Waals surface area contributed by atoms with E-state index in [1.54, 1.807) is 36.5 Å². The molecule has 22 heavy (non-hydrogen) atoms. The molecule has 0 saturated carbocycles. The Bertz CT molecular complexity index is 833. The van der Waals surface area contributed by atoms with Gasteiger partial charge in [-0.3, -0.25) is 9.89 Å². The molecule has 1 aromatic heterocycles. The zero-order chi connectivity index (χ0) is 15.5. The Morgan fingerprint density at radius 1 is 1.23 bits per heavy atom. The van der Waals surface area contributed by atoms with Crippen LogP contribution >= 0.6 is 23.2 Å². The predicted octanol–water partition coefficient (Wildman–Crippen LogP) is 3.89. The van der Waals surface area contributed by atoms with Gasteiger partial charge in [0.2, 0.25) is 0 Å². The molecule has 3 aromatic rings. The van der Waals surface area contributed by atoms with E-state index in [4.69, 9.17) is 27.9 Å². The Kier molecular flexibility index (Phi) is 4.18. The van der Waals surface area contributed by atoms with E-state index in [0.29, 0.717) is 21.5 Å². The summed E-state index contributed by atoms with van der Waals surface area (Å²) in [5, 5.41) is 11.4. The van der Waals surface area contributed by atoms with Gasteiger partial charge < -0.3 is 10.1 Å². The van der Waals surface area contributed by atoms with Gasteiger partial charge in [-0.1, -0.05) is 23.2 Å². The van der Waals surface area contributed by atoms with E-state index < -0.39 is 0 Å². The number of carbonyl (C=O) groups is 1. The molecule has 3 rings (SSSR count). The zero-order valence-electron chi connectivity index (χ0n) is 11.3. The number of nitrogens with zero attached hydrogens (tertiary/aromatic N) is 1. The number of halogens is 2. The van der Waals surface area contributed by atoms with Gasteiger partial charge in [0.1, 0.15) is 5.75 Å². The molecule has 0 bridgehead atoms. The van der Waals surface area contributed by atoms with Gasteiger partial charge in [-0.2, -0.15) is 5.10 Å². The maximum Gasteiger partial charge on any atom is 0.262 e. The number of amides is 1. The first-order chi connectivity index (χ1) is 10.6. The molecule has 0 saturated heterocycles. The van der Waals surface area contributed by atoms with Crippen LogP contribution in [0.5, 0.6) is 5.75 Å². The average Bonchev–Trinajstić information content (AvgIpc) is 2.94. The van der Waals surface area contributed by atoms with Crippen LogP contribution < -0.4 is 10.1 Å². The highest BCUT2D eigenvalue weighted by atomic mass is 35.5. The number of carbonyl (C=O) groups excluding carboxylic acids is 1. The van der Waals surface area contributed by atoms with Crippen LogP contribution in [0.25, 0.3) is 10.9 Å². The number of hydrogen-bond donors (Lipinski definition) is 2. The molecule has 0 radical (unpaired) electrons. The second-order valence-corrected chi connectivity index (χ2v) is 5.43. The van der Waals surface area contributed by atoms with Crippen LogP contribution in [0.4, 0.5) is 5.69 Å². The van der Waals surface area contributed by atoms with Gasteiger partial charge in [0, 0.05) is 16.1 Å². The minimum absolute atomic E-state index is 0.150. The monoisotopic (exact) mass is 335 g/mol. The smallest absolute Gasteiger partial charge is 0.262 e. The lowest BCUT2D eigenvalue weighted by atomic mass is 10.2. The summed E-state index contributed by atoms with van der Waals surface area (Å²) in [6.45, 7) is -0.150. The summed E-state index contributed by atoms with van der Waals surface area (Å²) in [6.07, 6.45) is 1.71. The molecule has 0 unspecified atom stereocenters. The highest BCUT2D eigenvalue weighted by molar-refractivity contribution is 6.35. The number of aromatic nitrogens is 2. The molecule has 0 aliphatic carbocycles. The predicted molar refractivity (Wildman–Crippen MR) is 86.7 cm³/mol. The molecule has 0 aliphatic rings. The summed E-state index contributed by atoms with van der Waals surface area (Å²) in [5.74, 6) is 0.120. The van der Waals surface area contributed by atoms with Gasteiger partial charge >= 0.3 is 0 Å². The normalized spacial score (nSPS) is 10.6. The highest BCUT2D eigenvalue weighted by Gasteiger charge is 2.07. The lowest BCUT2D eigenvalue weighted by Gasteiger charge is -2.09. The van der Waals surface area contributed by atoms with E-state index in [-0.39, 0.29) is 12.5 Å². The molecule has 0 atom stereocenters. The molecule has 5 nitrogen and oxygen atoms in total. The van der Waals surface area contributed by atoms with E-state index in [1.807, 2.05) is 6.07 Å². The highest BCUT2D eigenvalue weighted by Crippen LogP contribution is 2.27. The van der Waals surface area contributed by atoms with Crippen LogP contribution in [0.15, 0.2) is 42.6 Å². The van der Waals surface area contributed by atoms with Gasteiger partial charge in [-0.25, -0.2) is 0 Å². The van der Waals surface area contributed by atoms with Crippen molar-refractivity contribution >= 4 is 45.7 Å². The SMILES string of the molecule is O=C(COc1ccc(Cl)cc1Cl)Nc1ccc2cn[nH]c2c1. The fraction of sp³-hybridized carbons (Fsp3) is 0.0667. The summed E-state index contributed by atoms with van der Waals surface area (Å²) in [5.41, 5.74) is 1.51. The average molecular weight is 336 g/mol. The first-order valence-electron chi connectivity index (χ1n) is 6.42. The van der Waals surface area contributed by atoms with E-state index in [0.717, 1.165) is 10.9 Å². The van der Waals surface area contributed by atoms with E-state index in [1.165, 1.54) is 0 Å². The van der Waals surface area contributed by atoms with Gasteiger partial charge in [0.05, 0.1) is 16.7 Å². The Morgan fingerprint density at radius 2 is 2.09 bits per heavy atom. The molecule has 112 valence electrons. The number of hydrogen-bond acceptors (Lipinski definition) is 3. The molecule has 0 spiro atoms. The summed E-state index contributed by atoms with van der Waals surface area (Å²) < 4.78 is 5.38. The molecule has 2 aromatic carbocycles. The summed E-state index contributed by atoms with van der Waals surface area (Å²) in [6, 6.07) is 10.3. The fourth-order valence-electron chi connectivity index (χ4n) is 1.95. The van der Waals surface area contributed by atoms with Crippen molar-refractivity contribution < 1.29 is 9.53 Å². The van der Waals surface area contributed by atoms with Gasteiger partial charge in [-0.15, -0.1) is 0 Å². The second-order valence-electron chi connectivity index (χ2n) is 4.58. The first kappa shape index (κ1) is 14.7. The van der Waals surface area contributed by atoms with Gasteiger partial charge in [0.25, 0.3) is 5.91 Å². The topological polar surface area (TPSA) is 67.0 Å². The minimum Gasteiger partial charge on any atom is -0.482 e. The van der Waals surface area contributed by atoms with Crippen molar-refractivity contribution in [1.29, 1.82) is 0 Å². The molecule has 0 fully saturated rings. The Morgan fingerprint density at radius 3 is 2.91 bits per heavy atom. The van der Waals surface area contributed by atoms with Crippen LogP contribution in [-0.4, -0.2) is 22.7 Å². The van der Waals surface area contributed by atoms with Crippen molar-refractivity contribution in [3.05, 3.63) is 52.6 Å². The number of rotatable bonds is 4. The third kappa shape index (κ3) is 3.32. The second kappa shape index (κ2) is 6.25. The van der Waals surface area contributed by atoms with E-state index in [9.17, 15) is 4.79 Å². The van der Waals surface area contributed by atoms with Crippen LogP contribution in [-0.2, 0) is 4.79 Å². The summed E-state index contributed by atoms with van der Waals surface area (Å²) >= 11 is 11.8. The Balaban J connectivity index is 1.62. The van der Waals surface area contributed by atoms with Crippen LogP contribution in [0.3, 0.4) is 0 Å².